The zero-order valence-electron chi connectivity index (χ0n) is 10.8. The van der Waals surface area contributed by atoms with Crippen LogP contribution in [0.25, 0.3) is 0 Å². The van der Waals surface area contributed by atoms with Gasteiger partial charge < -0.3 is 10.3 Å². The molecule has 100 valence electrons. The Morgan fingerprint density at radius 2 is 2.11 bits per heavy atom. The van der Waals surface area contributed by atoms with Crippen LogP contribution in [0.2, 0.25) is 5.02 Å². The number of rotatable bonds is 6. The van der Waals surface area contributed by atoms with E-state index in [1.165, 1.54) is 17.7 Å². The molecule has 1 aromatic carbocycles. The Hall–Kier alpha value is -1.32. The van der Waals surface area contributed by atoms with Crippen molar-refractivity contribution in [3.63, 3.8) is 0 Å². The SMILES string of the molecule is Clc1ccc(CNC[C@H]2C[C@H]2Cc2cnc[nH]2)cc1. The molecule has 1 fully saturated rings. The summed E-state index contributed by atoms with van der Waals surface area (Å²) in [6, 6.07) is 8.03. The van der Waals surface area contributed by atoms with Crippen molar-refractivity contribution in [3.8, 4) is 0 Å². The Balaban J connectivity index is 1.37. The molecule has 2 aromatic rings. The topological polar surface area (TPSA) is 40.7 Å². The molecule has 0 aliphatic heterocycles. The van der Waals surface area contributed by atoms with Crippen molar-refractivity contribution in [2.75, 3.05) is 6.54 Å². The van der Waals surface area contributed by atoms with Crippen LogP contribution >= 0.6 is 11.6 Å². The van der Waals surface area contributed by atoms with E-state index in [1.54, 1.807) is 6.33 Å². The number of halogens is 1. The monoisotopic (exact) mass is 275 g/mol. The second-order valence-corrected chi connectivity index (χ2v) is 5.73. The van der Waals surface area contributed by atoms with E-state index < -0.39 is 0 Å². The highest BCUT2D eigenvalue weighted by molar-refractivity contribution is 6.30. The summed E-state index contributed by atoms with van der Waals surface area (Å²) in [5, 5.41) is 4.32. The maximum Gasteiger partial charge on any atom is 0.0921 e. The molecule has 2 atom stereocenters. The molecule has 1 aromatic heterocycles. The highest BCUT2D eigenvalue weighted by Gasteiger charge is 2.36. The van der Waals surface area contributed by atoms with Crippen LogP contribution in [0.3, 0.4) is 0 Å². The predicted molar refractivity (Wildman–Crippen MR) is 77.0 cm³/mol. The summed E-state index contributed by atoms with van der Waals surface area (Å²) in [7, 11) is 0. The summed E-state index contributed by atoms with van der Waals surface area (Å²) < 4.78 is 0. The Labute approximate surface area is 118 Å². The minimum absolute atomic E-state index is 0.797. The Bertz CT molecular complexity index is 507. The lowest BCUT2D eigenvalue weighted by molar-refractivity contribution is 0.594. The van der Waals surface area contributed by atoms with Crippen LogP contribution in [0.1, 0.15) is 17.7 Å². The van der Waals surface area contributed by atoms with Gasteiger partial charge in [0.2, 0.25) is 0 Å². The second-order valence-electron chi connectivity index (χ2n) is 5.29. The average Bonchev–Trinajstić information content (AvgIpc) is 2.93. The summed E-state index contributed by atoms with van der Waals surface area (Å²) in [4.78, 5) is 7.23. The number of imidazole rings is 1. The number of nitrogens with one attached hydrogen (secondary N) is 2. The van der Waals surface area contributed by atoms with Gasteiger partial charge >= 0.3 is 0 Å². The van der Waals surface area contributed by atoms with E-state index >= 15 is 0 Å². The lowest BCUT2D eigenvalue weighted by atomic mass is 10.2. The minimum Gasteiger partial charge on any atom is -0.348 e. The molecule has 1 aliphatic carbocycles. The van der Waals surface area contributed by atoms with Gasteiger partial charge in [-0.2, -0.15) is 0 Å². The largest absolute Gasteiger partial charge is 0.348 e. The molecule has 0 saturated heterocycles. The van der Waals surface area contributed by atoms with Gasteiger partial charge in [-0.3, -0.25) is 0 Å². The standard InChI is InChI=1S/C15H18ClN3/c16-14-3-1-11(2-4-14)7-17-8-13-5-12(13)6-15-9-18-10-19-15/h1-4,9-10,12-13,17H,5-8H2,(H,18,19)/t12-,13+/m0/s1. The fourth-order valence-corrected chi connectivity index (χ4v) is 2.62. The van der Waals surface area contributed by atoms with Gasteiger partial charge in [0.15, 0.2) is 0 Å². The van der Waals surface area contributed by atoms with Crippen LogP contribution < -0.4 is 5.32 Å². The van der Waals surface area contributed by atoms with Gasteiger partial charge in [0.1, 0.15) is 0 Å². The number of nitrogens with zero attached hydrogens (tertiary/aromatic N) is 1. The summed E-state index contributed by atoms with van der Waals surface area (Å²) in [5.41, 5.74) is 2.54. The van der Waals surface area contributed by atoms with Gasteiger partial charge in [-0.15, -0.1) is 0 Å². The van der Waals surface area contributed by atoms with Crippen LogP contribution in [-0.4, -0.2) is 16.5 Å². The van der Waals surface area contributed by atoms with Crippen molar-refractivity contribution in [2.45, 2.75) is 19.4 Å². The Kier molecular flexibility index (Phi) is 3.85. The molecular weight excluding hydrogens is 258 g/mol. The number of benzene rings is 1. The maximum absolute atomic E-state index is 5.86. The van der Waals surface area contributed by atoms with Crippen molar-refractivity contribution >= 4 is 11.6 Å². The number of hydrogen-bond donors (Lipinski definition) is 2. The van der Waals surface area contributed by atoms with E-state index in [4.69, 9.17) is 11.6 Å². The molecule has 4 heteroatoms. The third-order valence-corrected chi connectivity index (χ3v) is 4.01. The van der Waals surface area contributed by atoms with Crippen LogP contribution in [0.5, 0.6) is 0 Å². The molecule has 1 saturated carbocycles. The van der Waals surface area contributed by atoms with Crippen LogP contribution in [-0.2, 0) is 13.0 Å². The molecule has 0 spiro atoms. The molecule has 1 heterocycles. The highest BCUT2D eigenvalue weighted by atomic mass is 35.5. The third-order valence-electron chi connectivity index (χ3n) is 3.75. The third kappa shape index (κ3) is 3.58. The van der Waals surface area contributed by atoms with E-state index in [0.717, 1.165) is 36.4 Å². The highest BCUT2D eigenvalue weighted by Crippen LogP contribution is 2.40. The van der Waals surface area contributed by atoms with Crippen LogP contribution in [0, 0.1) is 11.8 Å². The van der Waals surface area contributed by atoms with Crippen LogP contribution in [0.4, 0.5) is 0 Å². The molecule has 19 heavy (non-hydrogen) atoms. The van der Waals surface area contributed by atoms with Gasteiger partial charge in [-0.05, 0) is 48.9 Å². The number of aromatic nitrogens is 2. The van der Waals surface area contributed by atoms with Gasteiger partial charge in [-0.1, -0.05) is 23.7 Å². The maximum atomic E-state index is 5.86. The van der Waals surface area contributed by atoms with E-state index in [0.29, 0.717) is 0 Å². The van der Waals surface area contributed by atoms with E-state index in [-0.39, 0.29) is 0 Å². The summed E-state index contributed by atoms with van der Waals surface area (Å²) in [5.74, 6) is 1.63. The smallest absolute Gasteiger partial charge is 0.0921 e. The molecule has 2 N–H and O–H groups in total. The molecule has 3 rings (SSSR count). The van der Waals surface area contributed by atoms with Gasteiger partial charge in [0.05, 0.1) is 6.33 Å². The van der Waals surface area contributed by atoms with E-state index in [2.05, 4.69) is 27.4 Å². The first-order valence-corrected chi connectivity index (χ1v) is 7.11. The van der Waals surface area contributed by atoms with Gasteiger partial charge in [0, 0.05) is 23.5 Å². The zero-order chi connectivity index (χ0) is 13.1. The average molecular weight is 276 g/mol. The first-order valence-electron chi connectivity index (χ1n) is 6.73. The summed E-state index contributed by atoms with van der Waals surface area (Å²) in [6.07, 6.45) is 6.14. The van der Waals surface area contributed by atoms with Gasteiger partial charge in [0.25, 0.3) is 0 Å². The fourth-order valence-electron chi connectivity index (χ4n) is 2.49. The number of hydrogen-bond acceptors (Lipinski definition) is 2. The number of H-pyrrole nitrogens is 1. The molecule has 0 amide bonds. The Morgan fingerprint density at radius 3 is 2.84 bits per heavy atom. The van der Waals surface area contributed by atoms with Crippen molar-refractivity contribution in [3.05, 3.63) is 53.1 Å². The van der Waals surface area contributed by atoms with E-state index in [9.17, 15) is 0 Å². The molecule has 0 bridgehead atoms. The lowest BCUT2D eigenvalue weighted by Gasteiger charge is -2.04. The molecule has 1 aliphatic rings. The van der Waals surface area contributed by atoms with E-state index in [1.807, 2.05) is 18.3 Å². The molecule has 0 unspecified atom stereocenters. The molecular formula is C15H18ClN3. The summed E-state index contributed by atoms with van der Waals surface area (Å²) in [6.45, 7) is 2.02. The molecule has 3 nitrogen and oxygen atoms in total. The van der Waals surface area contributed by atoms with Crippen molar-refractivity contribution in [2.24, 2.45) is 11.8 Å². The minimum atomic E-state index is 0.797. The normalized spacial score (nSPS) is 21.5. The molecule has 0 radical (unpaired) electrons. The van der Waals surface area contributed by atoms with Crippen molar-refractivity contribution < 1.29 is 0 Å². The second kappa shape index (κ2) is 5.76. The first kappa shape index (κ1) is 12.7. The Morgan fingerprint density at radius 1 is 1.26 bits per heavy atom. The first-order chi connectivity index (χ1) is 9.31. The summed E-state index contributed by atoms with van der Waals surface area (Å²) >= 11 is 5.86. The predicted octanol–water partition coefficient (Wildman–Crippen LogP) is 3.03. The van der Waals surface area contributed by atoms with Crippen LogP contribution in [0.15, 0.2) is 36.8 Å². The zero-order valence-corrected chi connectivity index (χ0v) is 11.5. The van der Waals surface area contributed by atoms with Crippen molar-refractivity contribution in [1.29, 1.82) is 0 Å². The van der Waals surface area contributed by atoms with Gasteiger partial charge in [-0.25, -0.2) is 4.98 Å². The fraction of sp³-hybridized carbons (Fsp3) is 0.400. The quantitative estimate of drug-likeness (QED) is 0.851. The lowest BCUT2D eigenvalue weighted by Crippen LogP contribution is -2.17. The van der Waals surface area contributed by atoms with Crippen molar-refractivity contribution in [1.82, 2.24) is 15.3 Å². The number of aromatic amines is 1.